The van der Waals surface area contributed by atoms with Crippen molar-refractivity contribution in [1.29, 1.82) is 0 Å². The summed E-state index contributed by atoms with van der Waals surface area (Å²) in [6.07, 6.45) is 0. The molecule has 0 unspecified atom stereocenters. The second kappa shape index (κ2) is 6.00. The molecule has 6 heteroatoms. The Bertz CT molecular complexity index is 525. The van der Waals surface area contributed by atoms with Gasteiger partial charge in [-0.2, -0.15) is 0 Å². The maximum Gasteiger partial charge on any atom is 0.317 e. The van der Waals surface area contributed by atoms with E-state index in [2.05, 4.69) is 0 Å². The highest BCUT2D eigenvalue weighted by molar-refractivity contribution is 5.94. The van der Waals surface area contributed by atoms with Gasteiger partial charge in [0.1, 0.15) is 5.82 Å². The number of halogens is 1. The van der Waals surface area contributed by atoms with E-state index in [4.69, 9.17) is 5.11 Å². The van der Waals surface area contributed by atoms with Crippen LogP contribution in [-0.4, -0.2) is 59.5 Å². The topological polar surface area (TPSA) is 60.9 Å². The summed E-state index contributed by atoms with van der Waals surface area (Å²) < 4.78 is 13.5. The van der Waals surface area contributed by atoms with Crippen LogP contribution in [0.3, 0.4) is 0 Å². The van der Waals surface area contributed by atoms with Crippen molar-refractivity contribution in [2.24, 2.45) is 0 Å². The van der Waals surface area contributed by atoms with E-state index in [1.165, 1.54) is 6.07 Å². The molecular weight excluding hydrogens is 263 g/mol. The molecule has 1 aromatic carbocycles. The van der Waals surface area contributed by atoms with Crippen molar-refractivity contribution in [1.82, 2.24) is 9.80 Å². The fraction of sp³-hybridized carbons (Fsp3) is 0.429. The molecule has 0 aromatic heterocycles. The maximum atomic E-state index is 13.5. The van der Waals surface area contributed by atoms with Crippen molar-refractivity contribution in [3.8, 4) is 0 Å². The van der Waals surface area contributed by atoms with Gasteiger partial charge in [0.25, 0.3) is 5.91 Å². The first-order valence-corrected chi connectivity index (χ1v) is 6.47. The highest BCUT2D eigenvalue weighted by Gasteiger charge is 2.23. The molecule has 20 heavy (non-hydrogen) atoms. The van der Waals surface area contributed by atoms with Gasteiger partial charge in [-0.1, -0.05) is 6.07 Å². The lowest BCUT2D eigenvalue weighted by Gasteiger charge is -2.33. The predicted octanol–water partition coefficient (Wildman–Crippen LogP) is 0.977. The maximum absolute atomic E-state index is 13.5. The first-order chi connectivity index (χ1) is 9.47. The molecule has 1 aromatic rings. The van der Waals surface area contributed by atoms with Crippen LogP contribution in [0.1, 0.15) is 15.9 Å². The lowest BCUT2D eigenvalue weighted by molar-refractivity contribution is -0.138. The predicted molar refractivity (Wildman–Crippen MR) is 71.1 cm³/mol. The van der Waals surface area contributed by atoms with Crippen molar-refractivity contribution in [2.75, 3.05) is 32.7 Å². The molecule has 0 radical (unpaired) electrons. The van der Waals surface area contributed by atoms with E-state index < -0.39 is 5.97 Å². The SMILES string of the molecule is Cc1ccc(C(=O)N2CCN(CC(=O)O)CC2)cc1F. The van der Waals surface area contributed by atoms with Crippen LogP contribution in [0.15, 0.2) is 18.2 Å². The van der Waals surface area contributed by atoms with Crippen LogP contribution in [0, 0.1) is 12.7 Å². The first kappa shape index (κ1) is 14.5. The molecule has 2 rings (SSSR count). The van der Waals surface area contributed by atoms with E-state index in [0.29, 0.717) is 37.3 Å². The fourth-order valence-electron chi connectivity index (χ4n) is 2.21. The van der Waals surface area contributed by atoms with Crippen LogP contribution in [0.2, 0.25) is 0 Å². The van der Waals surface area contributed by atoms with Crippen molar-refractivity contribution >= 4 is 11.9 Å². The van der Waals surface area contributed by atoms with E-state index in [9.17, 15) is 14.0 Å². The number of hydrogen-bond acceptors (Lipinski definition) is 3. The molecule has 5 nitrogen and oxygen atoms in total. The Labute approximate surface area is 116 Å². The molecule has 0 atom stereocenters. The number of hydrogen-bond donors (Lipinski definition) is 1. The number of nitrogens with zero attached hydrogens (tertiary/aromatic N) is 2. The van der Waals surface area contributed by atoms with Crippen molar-refractivity contribution in [2.45, 2.75) is 6.92 Å². The molecule has 1 aliphatic rings. The quantitative estimate of drug-likeness (QED) is 0.896. The molecule has 0 saturated carbocycles. The number of benzene rings is 1. The van der Waals surface area contributed by atoms with Gasteiger partial charge in [0, 0.05) is 31.7 Å². The third-order valence-electron chi connectivity index (χ3n) is 3.44. The van der Waals surface area contributed by atoms with Gasteiger partial charge in [-0.25, -0.2) is 4.39 Å². The summed E-state index contributed by atoms with van der Waals surface area (Å²) in [6, 6.07) is 4.45. The second-order valence-corrected chi connectivity index (χ2v) is 4.93. The zero-order valence-corrected chi connectivity index (χ0v) is 11.3. The van der Waals surface area contributed by atoms with Crippen LogP contribution < -0.4 is 0 Å². The van der Waals surface area contributed by atoms with E-state index in [1.807, 2.05) is 0 Å². The van der Waals surface area contributed by atoms with Gasteiger partial charge in [0.15, 0.2) is 0 Å². The van der Waals surface area contributed by atoms with Crippen LogP contribution >= 0.6 is 0 Å². The van der Waals surface area contributed by atoms with Gasteiger partial charge in [-0.3, -0.25) is 14.5 Å². The van der Waals surface area contributed by atoms with Crippen molar-refractivity contribution in [3.05, 3.63) is 35.1 Å². The number of amides is 1. The number of carbonyl (C=O) groups excluding carboxylic acids is 1. The zero-order chi connectivity index (χ0) is 14.7. The van der Waals surface area contributed by atoms with E-state index in [0.717, 1.165) is 0 Å². The Hall–Kier alpha value is -1.95. The van der Waals surface area contributed by atoms with Gasteiger partial charge in [-0.05, 0) is 24.6 Å². The molecule has 1 heterocycles. The van der Waals surface area contributed by atoms with E-state index >= 15 is 0 Å². The fourth-order valence-corrected chi connectivity index (χ4v) is 2.21. The number of carbonyl (C=O) groups is 2. The van der Waals surface area contributed by atoms with Gasteiger partial charge in [-0.15, -0.1) is 0 Å². The summed E-state index contributed by atoms with van der Waals surface area (Å²) in [5.41, 5.74) is 0.840. The summed E-state index contributed by atoms with van der Waals surface area (Å²) in [6.45, 7) is 3.59. The Kier molecular flexibility index (Phi) is 4.34. The summed E-state index contributed by atoms with van der Waals surface area (Å²) in [7, 11) is 0. The lowest BCUT2D eigenvalue weighted by Crippen LogP contribution is -2.49. The standard InChI is InChI=1S/C14H17FN2O3/c1-10-2-3-11(8-12(10)15)14(20)17-6-4-16(5-7-17)9-13(18)19/h2-3,8H,4-7,9H2,1H3,(H,18,19). The third-order valence-corrected chi connectivity index (χ3v) is 3.44. The molecular formula is C14H17FN2O3. The Morgan fingerprint density at radius 3 is 2.45 bits per heavy atom. The summed E-state index contributed by atoms with van der Waals surface area (Å²) in [5.74, 6) is -1.47. The zero-order valence-electron chi connectivity index (χ0n) is 11.3. The van der Waals surface area contributed by atoms with Gasteiger partial charge in [0.2, 0.25) is 0 Å². The first-order valence-electron chi connectivity index (χ1n) is 6.47. The van der Waals surface area contributed by atoms with Gasteiger partial charge >= 0.3 is 5.97 Å². The molecule has 1 N–H and O–H groups in total. The Morgan fingerprint density at radius 1 is 1.25 bits per heavy atom. The minimum Gasteiger partial charge on any atom is -0.480 e. The number of piperazine rings is 1. The summed E-state index contributed by atoms with van der Waals surface area (Å²) in [5, 5.41) is 8.71. The second-order valence-electron chi connectivity index (χ2n) is 4.93. The normalized spacial score (nSPS) is 16.2. The molecule has 1 aliphatic heterocycles. The average molecular weight is 280 g/mol. The van der Waals surface area contributed by atoms with Gasteiger partial charge in [0.05, 0.1) is 6.54 Å². The number of aliphatic carboxylic acids is 1. The Morgan fingerprint density at radius 2 is 1.90 bits per heavy atom. The largest absolute Gasteiger partial charge is 0.480 e. The minimum absolute atomic E-state index is 0.0127. The molecule has 108 valence electrons. The molecule has 1 saturated heterocycles. The number of carboxylic acid groups (broad SMARTS) is 1. The average Bonchev–Trinajstić information content (AvgIpc) is 2.41. The summed E-state index contributed by atoms with van der Waals surface area (Å²) >= 11 is 0. The number of aryl methyl sites for hydroxylation is 1. The minimum atomic E-state index is -0.870. The third kappa shape index (κ3) is 3.33. The monoisotopic (exact) mass is 280 g/mol. The van der Waals surface area contributed by atoms with Gasteiger partial charge < -0.3 is 10.0 Å². The number of rotatable bonds is 3. The van der Waals surface area contributed by atoms with E-state index in [-0.39, 0.29) is 18.3 Å². The highest BCUT2D eigenvalue weighted by atomic mass is 19.1. The smallest absolute Gasteiger partial charge is 0.317 e. The number of carboxylic acids is 1. The summed E-state index contributed by atoms with van der Waals surface area (Å²) in [4.78, 5) is 26.2. The highest BCUT2D eigenvalue weighted by Crippen LogP contribution is 2.13. The molecule has 1 fully saturated rings. The molecule has 0 aliphatic carbocycles. The molecule has 0 spiro atoms. The van der Waals surface area contributed by atoms with Crippen LogP contribution in [0.5, 0.6) is 0 Å². The Balaban J connectivity index is 1.97. The van der Waals surface area contributed by atoms with Crippen LogP contribution in [0.25, 0.3) is 0 Å². The van der Waals surface area contributed by atoms with Crippen molar-refractivity contribution in [3.63, 3.8) is 0 Å². The lowest BCUT2D eigenvalue weighted by atomic mass is 10.1. The molecule has 1 amide bonds. The van der Waals surface area contributed by atoms with Crippen LogP contribution in [-0.2, 0) is 4.79 Å². The van der Waals surface area contributed by atoms with E-state index in [1.54, 1.807) is 28.9 Å². The van der Waals surface area contributed by atoms with Crippen LogP contribution in [0.4, 0.5) is 4.39 Å². The van der Waals surface area contributed by atoms with Crippen molar-refractivity contribution < 1.29 is 19.1 Å². The molecule has 0 bridgehead atoms.